The summed E-state index contributed by atoms with van der Waals surface area (Å²) >= 11 is 0. The molecule has 0 radical (unpaired) electrons. The van der Waals surface area contributed by atoms with Crippen LogP contribution in [0, 0.1) is 29.1 Å². The molecule has 2 aromatic heterocycles. The molecule has 7 rings (SSSR count). The Morgan fingerprint density at radius 2 is 2.03 bits per heavy atom. The number of nitrogens with one attached hydrogen (secondary N) is 1. The van der Waals surface area contributed by atoms with Crippen LogP contribution >= 0.6 is 0 Å². The first kappa shape index (κ1) is 24.1. The minimum Gasteiger partial charge on any atom is -0.356 e. The van der Waals surface area contributed by atoms with Gasteiger partial charge >= 0.3 is 0 Å². The van der Waals surface area contributed by atoms with Gasteiger partial charge in [0.05, 0.1) is 11.7 Å². The van der Waals surface area contributed by atoms with Gasteiger partial charge in [-0.3, -0.25) is 0 Å². The number of anilines is 1. The van der Waals surface area contributed by atoms with Crippen molar-refractivity contribution < 1.29 is 4.74 Å². The van der Waals surface area contributed by atoms with Gasteiger partial charge in [0.25, 0.3) is 0 Å². The van der Waals surface area contributed by atoms with Gasteiger partial charge in [-0.2, -0.15) is 10.4 Å². The van der Waals surface area contributed by atoms with E-state index in [2.05, 4.69) is 53.9 Å². The van der Waals surface area contributed by atoms with E-state index < -0.39 is 0 Å². The van der Waals surface area contributed by atoms with Gasteiger partial charge in [-0.05, 0) is 80.0 Å². The first-order valence-electron chi connectivity index (χ1n) is 14.4. The molecule has 7 nitrogen and oxygen atoms in total. The number of hydrogen-bond acceptors (Lipinski definition) is 6. The van der Waals surface area contributed by atoms with E-state index in [1.54, 1.807) is 0 Å². The normalized spacial score (nSPS) is 23.8. The highest BCUT2D eigenvalue weighted by atomic mass is 16.5. The van der Waals surface area contributed by atoms with Crippen molar-refractivity contribution in [3.05, 3.63) is 40.7 Å². The zero-order valence-electron chi connectivity index (χ0n) is 22.9. The smallest absolute Gasteiger partial charge is 0.150 e. The molecule has 0 bridgehead atoms. The molecule has 1 spiro atoms. The summed E-state index contributed by atoms with van der Waals surface area (Å²) in [6.45, 7) is 11.7. The second-order valence-electron chi connectivity index (χ2n) is 12.9. The number of benzene rings is 1. The van der Waals surface area contributed by atoms with Crippen molar-refractivity contribution in [3.63, 3.8) is 0 Å². The Labute approximate surface area is 225 Å². The number of nitriles is 1. The Morgan fingerprint density at radius 1 is 1.16 bits per heavy atom. The van der Waals surface area contributed by atoms with Crippen molar-refractivity contribution in [3.8, 4) is 17.2 Å². The molecule has 198 valence electrons. The highest BCUT2D eigenvalue weighted by molar-refractivity contribution is 6.00. The molecule has 1 N–H and O–H groups in total. The molecule has 38 heavy (non-hydrogen) atoms. The summed E-state index contributed by atoms with van der Waals surface area (Å²) in [5.41, 5.74) is 8.25. The lowest BCUT2D eigenvalue weighted by atomic mass is 9.73. The molecule has 3 aliphatic heterocycles. The monoisotopic (exact) mass is 510 g/mol. The lowest BCUT2D eigenvalue weighted by Gasteiger charge is -2.39. The Morgan fingerprint density at radius 3 is 2.74 bits per heavy atom. The molecular formula is C31H38N6O. The summed E-state index contributed by atoms with van der Waals surface area (Å²) in [5.74, 6) is 0.891. The average Bonchev–Trinajstić information content (AvgIpc) is 3.53. The van der Waals surface area contributed by atoms with Gasteiger partial charge in [0, 0.05) is 54.8 Å². The number of hydrogen-bond donors (Lipinski definition) is 1. The van der Waals surface area contributed by atoms with Crippen molar-refractivity contribution in [2.45, 2.75) is 71.9 Å². The molecule has 1 aliphatic carbocycles. The zero-order valence-corrected chi connectivity index (χ0v) is 22.9. The minimum absolute atomic E-state index is 0.0214. The maximum atomic E-state index is 10.7. The number of aromatic nitrogens is 3. The van der Waals surface area contributed by atoms with E-state index in [4.69, 9.17) is 14.8 Å². The molecule has 3 saturated heterocycles. The number of nitrogens with zero attached hydrogens (tertiary/aromatic N) is 5. The molecule has 4 aliphatic rings. The average molecular weight is 511 g/mol. The van der Waals surface area contributed by atoms with Gasteiger partial charge < -0.3 is 15.0 Å². The van der Waals surface area contributed by atoms with E-state index in [-0.39, 0.29) is 11.6 Å². The molecule has 1 unspecified atom stereocenters. The largest absolute Gasteiger partial charge is 0.356 e. The Balaban J connectivity index is 1.44. The van der Waals surface area contributed by atoms with Crippen LogP contribution in [-0.2, 0) is 17.6 Å². The summed E-state index contributed by atoms with van der Waals surface area (Å²) in [7, 11) is 0. The fourth-order valence-corrected chi connectivity index (χ4v) is 7.28. The summed E-state index contributed by atoms with van der Waals surface area (Å²) < 4.78 is 8.18. The van der Waals surface area contributed by atoms with E-state index in [0.717, 1.165) is 111 Å². The third-order valence-electron chi connectivity index (χ3n) is 9.58. The summed E-state index contributed by atoms with van der Waals surface area (Å²) in [4.78, 5) is 7.70. The van der Waals surface area contributed by atoms with Gasteiger partial charge in [-0.25, -0.2) is 9.67 Å². The van der Waals surface area contributed by atoms with Gasteiger partial charge in [0.2, 0.25) is 0 Å². The van der Waals surface area contributed by atoms with Crippen LogP contribution in [0.15, 0.2) is 18.3 Å². The van der Waals surface area contributed by atoms with E-state index in [1.165, 1.54) is 16.8 Å². The first-order chi connectivity index (χ1) is 18.4. The molecule has 1 atom stereocenters. The maximum Gasteiger partial charge on any atom is 0.150 e. The summed E-state index contributed by atoms with van der Waals surface area (Å²) in [5, 5.41) is 20.2. The van der Waals surface area contributed by atoms with E-state index in [1.807, 2.05) is 6.20 Å². The topological polar surface area (TPSA) is 79.0 Å². The van der Waals surface area contributed by atoms with Gasteiger partial charge in [-0.1, -0.05) is 19.9 Å². The lowest BCUT2D eigenvalue weighted by Crippen LogP contribution is -2.54. The van der Waals surface area contributed by atoms with Crippen LogP contribution in [0.25, 0.3) is 22.0 Å². The first-order valence-corrected chi connectivity index (χ1v) is 14.4. The Hall–Kier alpha value is -2.95. The molecule has 0 saturated carbocycles. The second kappa shape index (κ2) is 8.79. The summed E-state index contributed by atoms with van der Waals surface area (Å²) in [6.07, 6.45) is 9.39. The molecule has 7 heteroatoms. The van der Waals surface area contributed by atoms with Crippen molar-refractivity contribution in [2.24, 2.45) is 10.8 Å². The Bertz CT molecular complexity index is 1450. The highest BCUT2D eigenvalue weighted by Gasteiger charge is 2.44. The van der Waals surface area contributed by atoms with Crippen molar-refractivity contribution >= 4 is 16.7 Å². The molecule has 1 aromatic carbocycles. The van der Waals surface area contributed by atoms with Crippen LogP contribution in [0.5, 0.6) is 0 Å². The van der Waals surface area contributed by atoms with E-state index in [0.29, 0.717) is 5.41 Å². The van der Waals surface area contributed by atoms with Crippen LogP contribution < -0.4 is 10.2 Å². The van der Waals surface area contributed by atoms with Gasteiger partial charge in [-0.15, -0.1) is 0 Å². The quantitative estimate of drug-likeness (QED) is 0.516. The van der Waals surface area contributed by atoms with Crippen molar-refractivity contribution in [2.75, 3.05) is 37.7 Å². The lowest BCUT2D eigenvalue weighted by molar-refractivity contribution is -0.0366. The standard InChI is InChI=1S/C31H38N6O/c1-20-7-8-25-23(16-34-37(25)26-6-4-5-13-38-26)27(20)28-21-9-10-30(2,3)14-24(21)35-29(22(28)15-32)36-12-11-31(19-36)17-33-18-31/h7-8,16,26,33H,4-6,9-14,17-19H2,1-3H3. The van der Waals surface area contributed by atoms with Crippen LogP contribution in [0.2, 0.25) is 0 Å². The van der Waals surface area contributed by atoms with E-state index >= 15 is 0 Å². The second-order valence-corrected chi connectivity index (χ2v) is 12.9. The fraction of sp³-hybridized carbons (Fsp3) is 0.581. The van der Waals surface area contributed by atoms with Crippen molar-refractivity contribution in [1.29, 1.82) is 5.26 Å². The number of pyridine rings is 1. The number of aryl methyl sites for hydroxylation is 1. The number of rotatable bonds is 3. The van der Waals surface area contributed by atoms with Crippen LogP contribution in [0.4, 0.5) is 5.82 Å². The van der Waals surface area contributed by atoms with Gasteiger partial charge in [0.15, 0.2) is 6.23 Å². The molecule has 5 heterocycles. The Kier molecular flexibility index (Phi) is 5.58. The SMILES string of the molecule is Cc1ccc2c(cnn2C2CCCCO2)c1-c1c(C#N)c(N2CCC3(CNC3)C2)nc2c1CCC(C)(C)C2. The van der Waals surface area contributed by atoms with E-state index in [9.17, 15) is 5.26 Å². The summed E-state index contributed by atoms with van der Waals surface area (Å²) in [6, 6.07) is 7.04. The molecule has 0 amide bonds. The van der Waals surface area contributed by atoms with Gasteiger partial charge in [0.1, 0.15) is 17.5 Å². The van der Waals surface area contributed by atoms with Crippen LogP contribution in [0.1, 0.15) is 74.6 Å². The minimum atomic E-state index is -0.0214. The predicted octanol–water partition coefficient (Wildman–Crippen LogP) is 5.29. The highest BCUT2D eigenvalue weighted by Crippen LogP contribution is 2.47. The third-order valence-corrected chi connectivity index (χ3v) is 9.58. The number of ether oxygens (including phenoxy) is 1. The van der Waals surface area contributed by atoms with Crippen molar-refractivity contribution in [1.82, 2.24) is 20.1 Å². The molecule has 3 fully saturated rings. The maximum absolute atomic E-state index is 10.7. The molecule has 3 aromatic rings. The fourth-order valence-electron chi connectivity index (χ4n) is 7.28. The molecular weight excluding hydrogens is 472 g/mol. The third kappa shape index (κ3) is 3.76. The van der Waals surface area contributed by atoms with Crippen LogP contribution in [0.3, 0.4) is 0 Å². The number of fused-ring (bicyclic) bond motifs is 2. The van der Waals surface area contributed by atoms with Crippen LogP contribution in [-0.4, -0.2) is 47.6 Å². The zero-order chi connectivity index (χ0) is 26.1. The predicted molar refractivity (Wildman–Crippen MR) is 149 cm³/mol.